The molecule has 2 rings (SSSR count). The van der Waals surface area contributed by atoms with Crippen molar-refractivity contribution in [1.29, 1.82) is 0 Å². The smallest absolute Gasteiger partial charge is 0.123 e. The van der Waals surface area contributed by atoms with Gasteiger partial charge in [-0.1, -0.05) is 17.7 Å². The van der Waals surface area contributed by atoms with Crippen molar-refractivity contribution in [1.82, 2.24) is 10.3 Å². The number of hydrogen-bond donors (Lipinski definition) is 1. The summed E-state index contributed by atoms with van der Waals surface area (Å²) in [6, 6.07) is 9.84. The fourth-order valence-electron chi connectivity index (χ4n) is 1.90. The van der Waals surface area contributed by atoms with Crippen LogP contribution in [0.5, 0.6) is 5.75 Å². The van der Waals surface area contributed by atoms with Crippen molar-refractivity contribution in [2.24, 2.45) is 0 Å². The lowest BCUT2D eigenvalue weighted by Crippen LogP contribution is -2.18. The minimum Gasteiger partial charge on any atom is -0.496 e. The van der Waals surface area contributed by atoms with E-state index in [1.54, 1.807) is 13.3 Å². The number of halogens is 1. The molecule has 1 aromatic heterocycles. The molecule has 0 aliphatic rings. The topological polar surface area (TPSA) is 34.1 Å². The number of ether oxygens (including phenoxy) is 1. The van der Waals surface area contributed by atoms with Gasteiger partial charge < -0.3 is 10.1 Å². The van der Waals surface area contributed by atoms with E-state index in [0.717, 1.165) is 16.9 Å². The van der Waals surface area contributed by atoms with E-state index in [-0.39, 0.29) is 6.04 Å². The Morgan fingerprint density at radius 1 is 1.37 bits per heavy atom. The molecule has 1 unspecified atom stereocenters. The van der Waals surface area contributed by atoms with Gasteiger partial charge in [-0.2, -0.15) is 0 Å². The molecule has 0 aliphatic carbocycles. The van der Waals surface area contributed by atoms with Crippen LogP contribution in [0.3, 0.4) is 0 Å². The molecular formula is C15H17ClN2O. The zero-order valence-corrected chi connectivity index (χ0v) is 11.8. The van der Waals surface area contributed by atoms with Crippen LogP contribution in [0.1, 0.15) is 24.1 Å². The van der Waals surface area contributed by atoms with E-state index >= 15 is 0 Å². The summed E-state index contributed by atoms with van der Waals surface area (Å²) in [6.07, 6.45) is 3.64. The summed E-state index contributed by atoms with van der Waals surface area (Å²) in [5.41, 5.74) is 2.20. The zero-order valence-electron chi connectivity index (χ0n) is 11.1. The quantitative estimate of drug-likeness (QED) is 0.906. The number of benzene rings is 1. The number of pyridine rings is 1. The highest BCUT2D eigenvalue weighted by atomic mass is 35.5. The summed E-state index contributed by atoms with van der Waals surface area (Å²) in [6.45, 7) is 2.80. The molecule has 0 amide bonds. The average molecular weight is 277 g/mol. The van der Waals surface area contributed by atoms with E-state index in [4.69, 9.17) is 16.3 Å². The predicted octanol–water partition coefficient (Wildman–Crippen LogP) is 3.59. The van der Waals surface area contributed by atoms with Crippen molar-refractivity contribution in [3.05, 3.63) is 58.9 Å². The molecule has 1 atom stereocenters. The summed E-state index contributed by atoms with van der Waals surface area (Å²) < 4.78 is 5.33. The summed E-state index contributed by atoms with van der Waals surface area (Å²) in [7, 11) is 1.66. The number of methoxy groups -OCH3 is 1. The zero-order chi connectivity index (χ0) is 13.7. The molecule has 0 radical (unpaired) electrons. The maximum absolute atomic E-state index is 6.01. The Hall–Kier alpha value is -1.58. The summed E-state index contributed by atoms with van der Waals surface area (Å²) in [5, 5.41) is 4.15. The van der Waals surface area contributed by atoms with Crippen molar-refractivity contribution in [2.75, 3.05) is 7.11 Å². The van der Waals surface area contributed by atoms with Crippen LogP contribution in [0.25, 0.3) is 0 Å². The van der Waals surface area contributed by atoms with Crippen molar-refractivity contribution in [3.8, 4) is 5.75 Å². The first-order valence-electron chi connectivity index (χ1n) is 6.16. The van der Waals surface area contributed by atoms with Gasteiger partial charge in [0.05, 0.1) is 7.11 Å². The van der Waals surface area contributed by atoms with Crippen molar-refractivity contribution >= 4 is 11.6 Å². The molecule has 3 nitrogen and oxygen atoms in total. The molecule has 0 aliphatic heterocycles. The Kier molecular flexibility index (Phi) is 4.77. The fourth-order valence-corrected chi connectivity index (χ4v) is 2.09. The first-order valence-corrected chi connectivity index (χ1v) is 6.54. The summed E-state index contributed by atoms with van der Waals surface area (Å²) >= 11 is 6.01. The Bertz CT molecular complexity index is 531. The second-order valence-corrected chi connectivity index (χ2v) is 4.78. The molecule has 2 aromatic rings. The first kappa shape index (κ1) is 13.8. The molecule has 0 bridgehead atoms. The average Bonchev–Trinajstić information content (AvgIpc) is 2.46. The molecule has 100 valence electrons. The highest BCUT2D eigenvalue weighted by molar-refractivity contribution is 6.30. The van der Waals surface area contributed by atoms with Gasteiger partial charge in [0, 0.05) is 35.6 Å². The minimum atomic E-state index is 0.220. The van der Waals surface area contributed by atoms with Gasteiger partial charge >= 0.3 is 0 Å². The van der Waals surface area contributed by atoms with Gasteiger partial charge in [0.15, 0.2) is 0 Å². The second kappa shape index (κ2) is 6.55. The van der Waals surface area contributed by atoms with Gasteiger partial charge in [0.2, 0.25) is 0 Å². The maximum Gasteiger partial charge on any atom is 0.123 e. The van der Waals surface area contributed by atoms with Crippen molar-refractivity contribution < 1.29 is 4.74 Å². The molecule has 0 saturated heterocycles. The third kappa shape index (κ3) is 3.69. The van der Waals surface area contributed by atoms with Crippen LogP contribution in [-0.2, 0) is 6.54 Å². The van der Waals surface area contributed by atoms with E-state index in [2.05, 4.69) is 23.3 Å². The molecule has 4 heteroatoms. The van der Waals surface area contributed by atoms with E-state index in [1.807, 2.05) is 30.5 Å². The van der Waals surface area contributed by atoms with E-state index in [0.29, 0.717) is 11.6 Å². The Morgan fingerprint density at radius 2 is 2.21 bits per heavy atom. The Balaban J connectivity index is 2.04. The number of rotatable bonds is 5. The van der Waals surface area contributed by atoms with Crippen LogP contribution in [0.2, 0.25) is 5.02 Å². The maximum atomic E-state index is 6.01. The molecule has 1 N–H and O–H groups in total. The monoisotopic (exact) mass is 276 g/mol. The third-order valence-corrected chi connectivity index (χ3v) is 3.26. The fraction of sp³-hybridized carbons (Fsp3) is 0.267. The third-order valence-electron chi connectivity index (χ3n) is 3.03. The number of nitrogens with one attached hydrogen (secondary N) is 1. The van der Waals surface area contributed by atoms with Crippen LogP contribution in [0, 0.1) is 0 Å². The largest absolute Gasteiger partial charge is 0.496 e. The molecule has 0 spiro atoms. The van der Waals surface area contributed by atoms with Gasteiger partial charge in [-0.05, 0) is 36.8 Å². The minimum absolute atomic E-state index is 0.220. The van der Waals surface area contributed by atoms with Crippen LogP contribution < -0.4 is 10.1 Å². The van der Waals surface area contributed by atoms with Gasteiger partial charge in [0.1, 0.15) is 5.75 Å². The molecule has 1 heterocycles. The Labute approximate surface area is 118 Å². The molecule has 0 saturated carbocycles. The SMILES string of the molecule is COc1ccc(Cl)cc1CNC(C)c1cccnc1. The molecule has 1 aromatic carbocycles. The highest BCUT2D eigenvalue weighted by Gasteiger charge is 2.08. The normalized spacial score (nSPS) is 12.2. The lowest BCUT2D eigenvalue weighted by molar-refractivity contribution is 0.406. The van der Waals surface area contributed by atoms with Gasteiger partial charge in [-0.25, -0.2) is 0 Å². The second-order valence-electron chi connectivity index (χ2n) is 4.35. The number of hydrogen-bond acceptors (Lipinski definition) is 3. The lowest BCUT2D eigenvalue weighted by atomic mass is 10.1. The van der Waals surface area contributed by atoms with Crippen LogP contribution >= 0.6 is 11.6 Å². The van der Waals surface area contributed by atoms with E-state index in [1.165, 1.54) is 0 Å². The van der Waals surface area contributed by atoms with Gasteiger partial charge in [0.25, 0.3) is 0 Å². The summed E-state index contributed by atoms with van der Waals surface area (Å²) in [5.74, 6) is 0.843. The standard InChI is InChI=1S/C15H17ClN2O/c1-11(12-4-3-7-17-9-12)18-10-13-8-14(16)5-6-15(13)19-2/h3-9,11,18H,10H2,1-2H3. The van der Waals surface area contributed by atoms with Gasteiger partial charge in [-0.3, -0.25) is 4.98 Å². The van der Waals surface area contributed by atoms with Crippen LogP contribution in [0.4, 0.5) is 0 Å². The van der Waals surface area contributed by atoms with Crippen molar-refractivity contribution in [2.45, 2.75) is 19.5 Å². The van der Waals surface area contributed by atoms with E-state index in [9.17, 15) is 0 Å². The molecule has 0 fully saturated rings. The molecular weight excluding hydrogens is 260 g/mol. The first-order chi connectivity index (χ1) is 9.20. The Morgan fingerprint density at radius 3 is 2.89 bits per heavy atom. The summed E-state index contributed by atoms with van der Waals surface area (Å²) in [4.78, 5) is 4.12. The van der Waals surface area contributed by atoms with Crippen molar-refractivity contribution in [3.63, 3.8) is 0 Å². The highest BCUT2D eigenvalue weighted by Crippen LogP contribution is 2.23. The van der Waals surface area contributed by atoms with Gasteiger partial charge in [-0.15, -0.1) is 0 Å². The predicted molar refractivity (Wildman–Crippen MR) is 77.5 cm³/mol. The molecule has 19 heavy (non-hydrogen) atoms. The lowest BCUT2D eigenvalue weighted by Gasteiger charge is -2.15. The number of aromatic nitrogens is 1. The van der Waals surface area contributed by atoms with E-state index < -0.39 is 0 Å². The van der Waals surface area contributed by atoms with Crippen LogP contribution in [-0.4, -0.2) is 12.1 Å². The van der Waals surface area contributed by atoms with Crippen LogP contribution in [0.15, 0.2) is 42.7 Å². The number of nitrogens with zero attached hydrogens (tertiary/aromatic N) is 1.